The molecule has 0 saturated carbocycles. The summed E-state index contributed by atoms with van der Waals surface area (Å²) in [4.78, 5) is 17.5. The SMILES string of the molecule is COc1ccc2nc(Nc3ncnc(N4CCN(c5ccccc5F)CC4)c3N)sc2c1. The van der Waals surface area contributed by atoms with Gasteiger partial charge in [0.1, 0.15) is 23.6 Å². The van der Waals surface area contributed by atoms with Gasteiger partial charge < -0.3 is 25.6 Å². The van der Waals surface area contributed by atoms with Crippen molar-refractivity contribution in [1.82, 2.24) is 15.0 Å². The number of nitrogens with zero attached hydrogens (tertiary/aromatic N) is 5. The lowest BCUT2D eigenvalue weighted by atomic mass is 10.2. The Morgan fingerprint density at radius 2 is 1.84 bits per heavy atom. The number of rotatable bonds is 5. The maximum absolute atomic E-state index is 14.1. The molecule has 0 unspecified atom stereocenters. The van der Waals surface area contributed by atoms with Crippen LogP contribution in [0.25, 0.3) is 10.2 Å². The van der Waals surface area contributed by atoms with Gasteiger partial charge in [-0.1, -0.05) is 23.5 Å². The fourth-order valence-corrected chi connectivity index (χ4v) is 4.69. The van der Waals surface area contributed by atoms with E-state index in [-0.39, 0.29) is 5.82 Å². The van der Waals surface area contributed by atoms with E-state index in [2.05, 4.69) is 25.2 Å². The molecule has 0 atom stereocenters. The molecule has 0 spiro atoms. The maximum atomic E-state index is 14.1. The number of piperazine rings is 1. The minimum atomic E-state index is -0.206. The van der Waals surface area contributed by atoms with Gasteiger partial charge in [-0.2, -0.15) is 0 Å². The molecule has 1 fully saturated rings. The number of hydrogen-bond acceptors (Lipinski definition) is 9. The number of fused-ring (bicyclic) bond motifs is 1. The quantitative estimate of drug-likeness (QED) is 0.472. The predicted molar refractivity (Wildman–Crippen MR) is 127 cm³/mol. The smallest absolute Gasteiger partial charge is 0.189 e. The second-order valence-electron chi connectivity index (χ2n) is 7.36. The number of methoxy groups -OCH3 is 1. The van der Waals surface area contributed by atoms with E-state index < -0.39 is 0 Å². The molecule has 5 rings (SSSR count). The summed E-state index contributed by atoms with van der Waals surface area (Å²) < 4.78 is 20.4. The van der Waals surface area contributed by atoms with Crippen LogP contribution in [0.2, 0.25) is 0 Å². The standard InChI is InChI=1S/C22H22FN7OS/c1-31-14-6-7-16-18(12-14)32-22(27-16)28-20-19(24)21(26-13-25-20)30-10-8-29(9-11-30)17-5-3-2-4-15(17)23/h2-7,12-13H,8-11,24H2,1H3,(H,25,26,27,28). The van der Waals surface area contributed by atoms with Gasteiger partial charge in [0.15, 0.2) is 16.8 Å². The van der Waals surface area contributed by atoms with Gasteiger partial charge in [0.25, 0.3) is 0 Å². The van der Waals surface area contributed by atoms with Crippen molar-refractivity contribution in [2.75, 3.05) is 54.1 Å². The van der Waals surface area contributed by atoms with E-state index >= 15 is 0 Å². The zero-order valence-corrected chi connectivity index (χ0v) is 18.3. The van der Waals surface area contributed by atoms with Crippen molar-refractivity contribution in [1.29, 1.82) is 0 Å². The van der Waals surface area contributed by atoms with E-state index in [9.17, 15) is 4.39 Å². The highest BCUT2D eigenvalue weighted by Crippen LogP contribution is 2.34. The molecule has 2 aromatic heterocycles. The first-order chi connectivity index (χ1) is 15.6. The molecule has 0 bridgehead atoms. The van der Waals surface area contributed by atoms with Crippen LogP contribution < -0.4 is 25.6 Å². The van der Waals surface area contributed by atoms with E-state index in [0.717, 1.165) is 16.0 Å². The Morgan fingerprint density at radius 1 is 1.06 bits per heavy atom. The molecule has 4 aromatic rings. The molecular weight excluding hydrogens is 429 g/mol. The molecule has 3 heterocycles. The monoisotopic (exact) mass is 451 g/mol. The van der Waals surface area contributed by atoms with Crippen molar-refractivity contribution in [2.45, 2.75) is 0 Å². The summed E-state index contributed by atoms with van der Waals surface area (Å²) >= 11 is 1.50. The third-order valence-corrected chi connectivity index (χ3v) is 6.39. The highest BCUT2D eigenvalue weighted by molar-refractivity contribution is 7.22. The molecule has 1 aliphatic rings. The van der Waals surface area contributed by atoms with Gasteiger partial charge in [0.2, 0.25) is 0 Å². The summed E-state index contributed by atoms with van der Waals surface area (Å²) in [5.74, 6) is 1.75. The number of nitrogen functional groups attached to an aromatic ring is 1. The van der Waals surface area contributed by atoms with E-state index in [4.69, 9.17) is 10.5 Å². The third kappa shape index (κ3) is 3.84. The molecule has 1 saturated heterocycles. The van der Waals surface area contributed by atoms with Crippen LogP contribution in [0.15, 0.2) is 48.8 Å². The molecule has 3 N–H and O–H groups in total. The number of anilines is 5. The van der Waals surface area contributed by atoms with Crippen LogP contribution in [0.1, 0.15) is 0 Å². The van der Waals surface area contributed by atoms with Crippen molar-refractivity contribution in [3.63, 3.8) is 0 Å². The predicted octanol–water partition coefficient (Wildman–Crippen LogP) is 3.89. The average Bonchev–Trinajstić information content (AvgIpc) is 3.22. The van der Waals surface area contributed by atoms with E-state index in [0.29, 0.717) is 54.3 Å². The minimum absolute atomic E-state index is 0.206. The number of aromatic nitrogens is 3. The minimum Gasteiger partial charge on any atom is -0.497 e. The van der Waals surface area contributed by atoms with Crippen LogP contribution in [-0.4, -0.2) is 48.2 Å². The number of thiazole rings is 1. The number of halogens is 1. The molecule has 0 radical (unpaired) electrons. The molecule has 0 amide bonds. The number of para-hydroxylation sites is 1. The van der Waals surface area contributed by atoms with Gasteiger partial charge >= 0.3 is 0 Å². The number of nitrogens with two attached hydrogens (primary N) is 1. The first kappa shape index (κ1) is 20.3. The van der Waals surface area contributed by atoms with E-state index in [1.165, 1.54) is 23.7 Å². The molecule has 8 nitrogen and oxygen atoms in total. The fourth-order valence-electron chi connectivity index (χ4n) is 3.79. The highest BCUT2D eigenvalue weighted by atomic mass is 32.1. The van der Waals surface area contributed by atoms with Crippen LogP contribution in [0.5, 0.6) is 5.75 Å². The normalized spacial score (nSPS) is 14.1. The van der Waals surface area contributed by atoms with Gasteiger partial charge in [-0.15, -0.1) is 0 Å². The molecule has 164 valence electrons. The molecule has 1 aliphatic heterocycles. The largest absolute Gasteiger partial charge is 0.497 e. The summed E-state index contributed by atoms with van der Waals surface area (Å²) in [7, 11) is 1.64. The van der Waals surface area contributed by atoms with Crippen molar-refractivity contribution in [3.05, 3.63) is 54.6 Å². The van der Waals surface area contributed by atoms with Crippen molar-refractivity contribution in [2.24, 2.45) is 0 Å². The first-order valence-corrected chi connectivity index (χ1v) is 11.0. The summed E-state index contributed by atoms with van der Waals surface area (Å²) in [6, 6.07) is 12.6. The lowest BCUT2D eigenvalue weighted by molar-refractivity contribution is 0.415. The second-order valence-corrected chi connectivity index (χ2v) is 8.39. The first-order valence-electron chi connectivity index (χ1n) is 10.2. The fraction of sp³-hybridized carbons (Fsp3) is 0.227. The van der Waals surface area contributed by atoms with Gasteiger partial charge in [-0.25, -0.2) is 19.3 Å². The van der Waals surface area contributed by atoms with Crippen molar-refractivity contribution < 1.29 is 9.13 Å². The Kier molecular flexibility index (Phi) is 5.36. The molecular formula is C22H22FN7OS. The lowest BCUT2D eigenvalue weighted by Crippen LogP contribution is -2.47. The molecule has 32 heavy (non-hydrogen) atoms. The Hall–Kier alpha value is -3.66. The van der Waals surface area contributed by atoms with E-state index in [1.54, 1.807) is 19.2 Å². The highest BCUT2D eigenvalue weighted by Gasteiger charge is 2.23. The van der Waals surface area contributed by atoms with E-state index in [1.807, 2.05) is 29.2 Å². The number of nitrogens with one attached hydrogen (secondary N) is 1. The van der Waals surface area contributed by atoms with Crippen molar-refractivity contribution in [3.8, 4) is 5.75 Å². The Morgan fingerprint density at radius 3 is 2.62 bits per heavy atom. The third-order valence-electron chi connectivity index (χ3n) is 5.46. The van der Waals surface area contributed by atoms with Crippen LogP contribution >= 0.6 is 11.3 Å². The van der Waals surface area contributed by atoms with Gasteiger partial charge in [0, 0.05) is 26.2 Å². The summed E-state index contributed by atoms with van der Waals surface area (Å²) in [6.07, 6.45) is 1.49. The van der Waals surface area contributed by atoms with Crippen LogP contribution in [-0.2, 0) is 0 Å². The Balaban J connectivity index is 1.32. The molecule has 10 heteroatoms. The Bertz CT molecular complexity index is 1260. The van der Waals surface area contributed by atoms with Crippen molar-refractivity contribution >= 4 is 49.7 Å². The maximum Gasteiger partial charge on any atom is 0.189 e. The number of ether oxygens (including phenoxy) is 1. The topological polar surface area (TPSA) is 92.4 Å². The lowest BCUT2D eigenvalue weighted by Gasteiger charge is -2.37. The molecule has 2 aromatic carbocycles. The average molecular weight is 452 g/mol. The zero-order valence-electron chi connectivity index (χ0n) is 17.5. The number of hydrogen-bond donors (Lipinski definition) is 2. The summed E-state index contributed by atoms with van der Waals surface area (Å²) in [5.41, 5.74) is 8.38. The zero-order chi connectivity index (χ0) is 22.1. The van der Waals surface area contributed by atoms with Crippen LogP contribution in [0.4, 0.5) is 32.5 Å². The second kappa shape index (κ2) is 8.46. The Labute approximate surface area is 188 Å². The summed E-state index contributed by atoms with van der Waals surface area (Å²) in [5, 5.41) is 3.91. The van der Waals surface area contributed by atoms with Crippen LogP contribution in [0.3, 0.4) is 0 Å². The summed E-state index contributed by atoms with van der Waals surface area (Å²) in [6.45, 7) is 2.70. The van der Waals surface area contributed by atoms with Gasteiger partial charge in [-0.05, 0) is 30.3 Å². The van der Waals surface area contributed by atoms with Crippen LogP contribution in [0, 0.1) is 5.82 Å². The van der Waals surface area contributed by atoms with Gasteiger partial charge in [-0.3, -0.25) is 0 Å². The molecule has 0 aliphatic carbocycles. The number of benzene rings is 2. The van der Waals surface area contributed by atoms with Gasteiger partial charge in [0.05, 0.1) is 23.0 Å².